The first-order valence-electron chi connectivity index (χ1n) is 4.96. The Morgan fingerprint density at radius 1 is 1.29 bits per heavy atom. The SMILES string of the molecule is CCN(CCC(=O)O)C(=O)N(C)CC(F)(F)F. The normalized spacial score (nSPS) is 11.1. The van der Waals surface area contributed by atoms with Gasteiger partial charge in [0.05, 0.1) is 6.42 Å². The predicted octanol–water partition coefficient (Wildman–Crippen LogP) is 1.40. The Balaban J connectivity index is 4.37. The van der Waals surface area contributed by atoms with Gasteiger partial charge in [-0.05, 0) is 6.92 Å². The molecule has 5 nitrogen and oxygen atoms in total. The third-order valence-electron chi connectivity index (χ3n) is 1.99. The van der Waals surface area contributed by atoms with E-state index in [9.17, 15) is 22.8 Å². The Hall–Kier alpha value is -1.47. The van der Waals surface area contributed by atoms with Gasteiger partial charge in [0.1, 0.15) is 6.54 Å². The molecule has 0 heterocycles. The number of hydrogen-bond acceptors (Lipinski definition) is 2. The van der Waals surface area contributed by atoms with E-state index < -0.39 is 24.7 Å². The van der Waals surface area contributed by atoms with Gasteiger partial charge in [0.2, 0.25) is 0 Å². The molecule has 17 heavy (non-hydrogen) atoms. The number of nitrogens with zero attached hydrogens (tertiary/aromatic N) is 2. The fraction of sp³-hybridized carbons (Fsp3) is 0.778. The molecular weight excluding hydrogens is 241 g/mol. The van der Waals surface area contributed by atoms with E-state index in [1.807, 2.05) is 0 Å². The number of amides is 2. The van der Waals surface area contributed by atoms with Gasteiger partial charge < -0.3 is 14.9 Å². The van der Waals surface area contributed by atoms with Crippen LogP contribution in [-0.4, -0.2) is 59.8 Å². The number of aliphatic carboxylic acids is 1. The van der Waals surface area contributed by atoms with Crippen LogP contribution < -0.4 is 0 Å². The summed E-state index contributed by atoms with van der Waals surface area (Å²) in [6.07, 6.45) is -4.75. The summed E-state index contributed by atoms with van der Waals surface area (Å²) in [7, 11) is 1.03. The minimum atomic E-state index is -4.46. The zero-order valence-corrected chi connectivity index (χ0v) is 9.62. The van der Waals surface area contributed by atoms with Gasteiger partial charge in [-0.1, -0.05) is 0 Å². The fourth-order valence-corrected chi connectivity index (χ4v) is 1.20. The maximum Gasteiger partial charge on any atom is 0.406 e. The largest absolute Gasteiger partial charge is 0.481 e. The van der Waals surface area contributed by atoms with Crippen molar-refractivity contribution < 1.29 is 27.9 Å². The number of rotatable bonds is 5. The number of alkyl halides is 3. The summed E-state index contributed by atoms with van der Waals surface area (Å²) in [4.78, 5) is 23.4. The van der Waals surface area contributed by atoms with Gasteiger partial charge in [0, 0.05) is 20.1 Å². The van der Waals surface area contributed by atoms with Gasteiger partial charge in [-0.25, -0.2) is 4.79 Å². The van der Waals surface area contributed by atoms with Crippen LogP contribution in [0.5, 0.6) is 0 Å². The van der Waals surface area contributed by atoms with Crippen molar-refractivity contribution in [3.63, 3.8) is 0 Å². The van der Waals surface area contributed by atoms with Crippen LogP contribution in [0, 0.1) is 0 Å². The van der Waals surface area contributed by atoms with Crippen molar-refractivity contribution >= 4 is 12.0 Å². The molecule has 1 N–H and O–H groups in total. The van der Waals surface area contributed by atoms with Gasteiger partial charge in [-0.2, -0.15) is 13.2 Å². The molecule has 0 aromatic carbocycles. The molecule has 0 aromatic rings. The minimum Gasteiger partial charge on any atom is -0.481 e. The summed E-state index contributed by atoms with van der Waals surface area (Å²) in [5.74, 6) is -1.10. The summed E-state index contributed by atoms with van der Waals surface area (Å²) >= 11 is 0. The number of carbonyl (C=O) groups excluding carboxylic acids is 1. The Kier molecular flexibility index (Phi) is 5.77. The van der Waals surface area contributed by atoms with Crippen LogP contribution >= 0.6 is 0 Å². The smallest absolute Gasteiger partial charge is 0.406 e. The van der Waals surface area contributed by atoms with E-state index in [1.165, 1.54) is 0 Å². The molecule has 0 fully saturated rings. The molecule has 2 amide bonds. The highest BCUT2D eigenvalue weighted by Crippen LogP contribution is 2.16. The Morgan fingerprint density at radius 3 is 2.18 bits per heavy atom. The lowest BCUT2D eigenvalue weighted by molar-refractivity contribution is -0.140. The molecule has 0 aliphatic rings. The molecule has 0 saturated carbocycles. The number of carboxylic acids is 1. The fourth-order valence-electron chi connectivity index (χ4n) is 1.20. The predicted molar refractivity (Wildman–Crippen MR) is 53.6 cm³/mol. The maximum absolute atomic E-state index is 12.0. The zero-order chi connectivity index (χ0) is 13.6. The molecule has 100 valence electrons. The summed E-state index contributed by atoms with van der Waals surface area (Å²) in [5.41, 5.74) is 0. The minimum absolute atomic E-state index is 0.104. The lowest BCUT2D eigenvalue weighted by Crippen LogP contribution is -2.45. The highest BCUT2D eigenvalue weighted by molar-refractivity contribution is 5.75. The lowest BCUT2D eigenvalue weighted by atomic mass is 10.4. The molecule has 0 bridgehead atoms. The topological polar surface area (TPSA) is 60.9 Å². The van der Waals surface area contributed by atoms with Gasteiger partial charge in [-0.15, -0.1) is 0 Å². The van der Waals surface area contributed by atoms with Crippen LogP contribution in [0.25, 0.3) is 0 Å². The number of halogens is 3. The van der Waals surface area contributed by atoms with Crippen molar-refractivity contribution in [2.24, 2.45) is 0 Å². The quantitative estimate of drug-likeness (QED) is 0.808. The van der Waals surface area contributed by atoms with Gasteiger partial charge in [-0.3, -0.25) is 4.79 Å². The second kappa shape index (κ2) is 6.31. The Labute approximate surface area is 96.8 Å². The molecule has 0 aliphatic carbocycles. The van der Waals surface area contributed by atoms with Gasteiger partial charge >= 0.3 is 18.2 Å². The summed E-state index contributed by atoms with van der Waals surface area (Å²) in [5, 5.41) is 8.43. The summed E-state index contributed by atoms with van der Waals surface area (Å²) in [6, 6.07) is -0.828. The molecule has 0 rings (SSSR count). The molecule has 0 atom stereocenters. The third kappa shape index (κ3) is 6.64. The summed E-state index contributed by atoms with van der Waals surface area (Å²) < 4.78 is 36.1. The average Bonchev–Trinajstić information content (AvgIpc) is 2.15. The van der Waals surface area contributed by atoms with Crippen LogP contribution in [0.2, 0.25) is 0 Å². The molecule has 0 aromatic heterocycles. The highest BCUT2D eigenvalue weighted by Gasteiger charge is 2.32. The van der Waals surface area contributed by atoms with Crippen molar-refractivity contribution in [2.45, 2.75) is 19.5 Å². The summed E-state index contributed by atoms with van der Waals surface area (Å²) in [6.45, 7) is 0.276. The number of hydrogen-bond donors (Lipinski definition) is 1. The second-order valence-corrected chi connectivity index (χ2v) is 3.48. The molecule has 0 radical (unpaired) electrons. The van der Waals surface area contributed by atoms with Crippen molar-refractivity contribution in [3.8, 4) is 0 Å². The number of carbonyl (C=O) groups is 2. The first kappa shape index (κ1) is 15.5. The maximum atomic E-state index is 12.0. The highest BCUT2D eigenvalue weighted by atomic mass is 19.4. The van der Waals surface area contributed by atoms with Crippen LogP contribution in [0.1, 0.15) is 13.3 Å². The second-order valence-electron chi connectivity index (χ2n) is 3.48. The molecule has 8 heteroatoms. The van der Waals surface area contributed by atoms with Crippen molar-refractivity contribution in [2.75, 3.05) is 26.7 Å². The van der Waals surface area contributed by atoms with E-state index in [0.29, 0.717) is 4.90 Å². The first-order chi connectivity index (χ1) is 7.67. The van der Waals surface area contributed by atoms with Crippen LogP contribution in [0.4, 0.5) is 18.0 Å². The van der Waals surface area contributed by atoms with E-state index in [0.717, 1.165) is 11.9 Å². The van der Waals surface area contributed by atoms with E-state index in [-0.39, 0.29) is 19.5 Å². The van der Waals surface area contributed by atoms with Gasteiger partial charge in [0.25, 0.3) is 0 Å². The number of carboxylic acid groups (broad SMARTS) is 1. The Bertz CT molecular complexity index is 281. The third-order valence-corrected chi connectivity index (χ3v) is 1.99. The molecular formula is C9H15F3N2O3. The van der Waals surface area contributed by atoms with Crippen molar-refractivity contribution in [1.82, 2.24) is 9.80 Å². The molecule has 0 saturated heterocycles. The van der Waals surface area contributed by atoms with Crippen LogP contribution in [0.15, 0.2) is 0 Å². The van der Waals surface area contributed by atoms with Crippen LogP contribution in [0.3, 0.4) is 0 Å². The van der Waals surface area contributed by atoms with E-state index in [4.69, 9.17) is 5.11 Å². The molecule has 0 aliphatic heterocycles. The number of urea groups is 1. The van der Waals surface area contributed by atoms with E-state index in [2.05, 4.69) is 0 Å². The zero-order valence-electron chi connectivity index (χ0n) is 9.62. The van der Waals surface area contributed by atoms with Crippen molar-refractivity contribution in [3.05, 3.63) is 0 Å². The van der Waals surface area contributed by atoms with Crippen molar-refractivity contribution in [1.29, 1.82) is 0 Å². The van der Waals surface area contributed by atoms with Crippen LogP contribution in [-0.2, 0) is 4.79 Å². The van der Waals surface area contributed by atoms with Gasteiger partial charge in [0.15, 0.2) is 0 Å². The Morgan fingerprint density at radius 2 is 1.82 bits per heavy atom. The standard InChI is InChI=1S/C9H15F3N2O3/c1-3-14(5-4-7(15)16)8(17)13(2)6-9(10,11)12/h3-6H2,1-2H3,(H,15,16). The molecule has 0 unspecified atom stereocenters. The van der Waals surface area contributed by atoms with E-state index >= 15 is 0 Å². The molecule has 0 spiro atoms. The lowest BCUT2D eigenvalue weighted by Gasteiger charge is -2.27. The van der Waals surface area contributed by atoms with E-state index in [1.54, 1.807) is 6.92 Å². The monoisotopic (exact) mass is 256 g/mol. The first-order valence-corrected chi connectivity index (χ1v) is 4.96. The average molecular weight is 256 g/mol.